The molecular weight excluding hydrogens is 316 g/mol. The second-order valence-electron chi connectivity index (χ2n) is 7.63. The van der Waals surface area contributed by atoms with E-state index in [1.165, 1.54) is 0 Å². The first-order valence-corrected chi connectivity index (χ1v) is 7.77. The highest BCUT2D eigenvalue weighted by molar-refractivity contribution is 5.82. The van der Waals surface area contributed by atoms with Gasteiger partial charge in [0.15, 0.2) is 0 Å². The molecule has 1 aliphatic heterocycles. The first-order chi connectivity index (χ1) is 10.9. The lowest BCUT2D eigenvalue weighted by Crippen LogP contribution is -2.52. The molecule has 1 aliphatic rings. The Labute approximate surface area is 141 Å². The summed E-state index contributed by atoms with van der Waals surface area (Å²) in [6.07, 6.45) is -0.745. The van der Waals surface area contributed by atoms with E-state index >= 15 is 0 Å². The lowest BCUT2D eigenvalue weighted by molar-refractivity contribution is -0.159. The quantitative estimate of drug-likeness (QED) is 0.364. The maximum absolute atomic E-state index is 12.5. The maximum Gasteiger partial charge on any atom is 0.408 e. The van der Waals surface area contributed by atoms with Crippen LogP contribution in [-0.2, 0) is 19.0 Å². The number of azide groups is 1. The molecule has 0 aromatic carbocycles. The number of esters is 1. The molecule has 3 atom stereocenters. The lowest BCUT2D eigenvalue weighted by Gasteiger charge is -2.29. The van der Waals surface area contributed by atoms with Crippen molar-refractivity contribution in [3.8, 4) is 0 Å². The molecule has 0 spiro atoms. The molecule has 1 heterocycles. The molecule has 0 aromatic heterocycles. The van der Waals surface area contributed by atoms with E-state index in [4.69, 9.17) is 19.7 Å². The molecule has 9 nitrogen and oxygen atoms in total. The smallest absolute Gasteiger partial charge is 0.408 e. The minimum absolute atomic E-state index is 0.170. The van der Waals surface area contributed by atoms with Crippen molar-refractivity contribution in [1.82, 2.24) is 5.32 Å². The summed E-state index contributed by atoms with van der Waals surface area (Å²) in [5, 5.41) is 6.17. The molecule has 0 aliphatic carbocycles. The Hall–Kier alpha value is -1.99. The molecule has 1 fully saturated rings. The molecule has 0 radical (unpaired) electrons. The Morgan fingerprint density at radius 1 is 1.17 bits per heavy atom. The van der Waals surface area contributed by atoms with E-state index < -0.39 is 41.3 Å². The number of ether oxygens (including phenoxy) is 3. The van der Waals surface area contributed by atoms with Gasteiger partial charge in [-0.2, -0.15) is 0 Å². The molecule has 136 valence electrons. The number of carbonyl (C=O) groups excluding carboxylic acids is 2. The van der Waals surface area contributed by atoms with Crippen molar-refractivity contribution in [2.24, 2.45) is 11.0 Å². The number of nitrogens with one attached hydrogen (secondary N) is 1. The standard InChI is InChI=1S/C15H26N4O5/c1-14(2,3)23-12(20)11(17-13(21)24-15(4,5)6)9-7-22-8-10(9)18-19-16/h9-11H,7-8H2,1-6H3,(H,17,21)/t9-,10+,11-/m1/s1. The average Bonchev–Trinajstić information content (AvgIpc) is 2.80. The zero-order valence-electron chi connectivity index (χ0n) is 15.0. The van der Waals surface area contributed by atoms with Gasteiger partial charge >= 0.3 is 12.1 Å². The molecule has 1 saturated heterocycles. The summed E-state index contributed by atoms with van der Waals surface area (Å²) in [5.41, 5.74) is 7.23. The van der Waals surface area contributed by atoms with Gasteiger partial charge in [0.2, 0.25) is 0 Å². The van der Waals surface area contributed by atoms with Gasteiger partial charge in [-0.3, -0.25) is 0 Å². The number of hydrogen-bond acceptors (Lipinski definition) is 6. The van der Waals surface area contributed by atoms with Crippen LogP contribution in [0, 0.1) is 5.92 Å². The van der Waals surface area contributed by atoms with E-state index in [1.807, 2.05) is 0 Å². The van der Waals surface area contributed by atoms with Gasteiger partial charge in [0.05, 0.1) is 19.3 Å². The van der Waals surface area contributed by atoms with Crippen molar-refractivity contribution in [3.05, 3.63) is 10.4 Å². The van der Waals surface area contributed by atoms with E-state index in [0.717, 1.165) is 0 Å². The Kier molecular flexibility index (Phi) is 6.45. The minimum Gasteiger partial charge on any atom is -0.458 e. The van der Waals surface area contributed by atoms with Crippen molar-refractivity contribution in [2.75, 3.05) is 13.2 Å². The zero-order valence-corrected chi connectivity index (χ0v) is 15.0. The van der Waals surface area contributed by atoms with E-state index in [1.54, 1.807) is 41.5 Å². The maximum atomic E-state index is 12.5. The van der Waals surface area contributed by atoms with E-state index in [9.17, 15) is 9.59 Å². The third kappa shape index (κ3) is 6.64. The number of alkyl carbamates (subject to hydrolysis) is 1. The third-order valence-corrected chi connectivity index (χ3v) is 3.05. The Morgan fingerprint density at radius 3 is 2.25 bits per heavy atom. The van der Waals surface area contributed by atoms with Crippen LogP contribution in [-0.4, -0.2) is 48.6 Å². The molecule has 1 amide bonds. The van der Waals surface area contributed by atoms with Crippen LogP contribution in [0.4, 0.5) is 4.79 Å². The summed E-state index contributed by atoms with van der Waals surface area (Å²) < 4.78 is 15.9. The summed E-state index contributed by atoms with van der Waals surface area (Å²) in [4.78, 5) is 27.4. The Morgan fingerprint density at radius 2 is 1.75 bits per heavy atom. The van der Waals surface area contributed by atoms with Crippen molar-refractivity contribution >= 4 is 12.1 Å². The second-order valence-corrected chi connectivity index (χ2v) is 7.63. The highest BCUT2D eigenvalue weighted by Gasteiger charge is 2.41. The molecule has 1 rings (SSSR count). The molecule has 0 unspecified atom stereocenters. The Bertz CT molecular complexity index is 517. The van der Waals surface area contributed by atoms with Crippen molar-refractivity contribution in [2.45, 2.75) is 64.8 Å². The van der Waals surface area contributed by atoms with Crippen molar-refractivity contribution in [3.63, 3.8) is 0 Å². The van der Waals surface area contributed by atoms with Gasteiger partial charge in [-0.25, -0.2) is 9.59 Å². The average molecular weight is 342 g/mol. The SMILES string of the molecule is CC(C)(C)OC(=O)N[C@@H](C(=O)OC(C)(C)C)[C@@H]1COC[C@@H]1N=[N+]=[N-]. The fraction of sp³-hybridized carbons (Fsp3) is 0.867. The van der Waals surface area contributed by atoms with E-state index in [0.29, 0.717) is 0 Å². The monoisotopic (exact) mass is 342 g/mol. The minimum atomic E-state index is -1.03. The first kappa shape index (κ1) is 20.1. The van der Waals surface area contributed by atoms with Crippen LogP contribution < -0.4 is 5.32 Å². The normalized spacial score (nSPS) is 22.2. The van der Waals surface area contributed by atoms with Gasteiger partial charge in [-0.1, -0.05) is 5.11 Å². The number of nitrogens with zero attached hydrogens (tertiary/aromatic N) is 3. The van der Waals surface area contributed by atoms with E-state index in [-0.39, 0.29) is 13.2 Å². The highest BCUT2D eigenvalue weighted by Crippen LogP contribution is 2.24. The third-order valence-electron chi connectivity index (χ3n) is 3.05. The van der Waals surface area contributed by atoms with Crippen LogP contribution in [0.25, 0.3) is 10.4 Å². The van der Waals surface area contributed by atoms with Crippen molar-refractivity contribution < 1.29 is 23.8 Å². The number of rotatable bonds is 4. The van der Waals surface area contributed by atoms with Gasteiger partial charge in [-0.05, 0) is 47.1 Å². The first-order valence-electron chi connectivity index (χ1n) is 7.77. The molecule has 0 bridgehead atoms. The van der Waals surface area contributed by atoms with Crippen LogP contribution in [0.1, 0.15) is 41.5 Å². The Balaban J connectivity index is 2.96. The number of carbonyl (C=O) groups is 2. The topological polar surface area (TPSA) is 123 Å². The fourth-order valence-corrected chi connectivity index (χ4v) is 2.20. The number of hydrogen-bond donors (Lipinski definition) is 1. The molecule has 1 N–H and O–H groups in total. The second kappa shape index (κ2) is 7.72. The molecule has 9 heteroatoms. The van der Waals surface area contributed by atoms with Gasteiger partial charge < -0.3 is 19.5 Å². The highest BCUT2D eigenvalue weighted by atomic mass is 16.6. The lowest BCUT2D eigenvalue weighted by atomic mass is 9.95. The van der Waals surface area contributed by atoms with Crippen LogP contribution in [0.5, 0.6) is 0 Å². The largest absolute Gasteiger partial charge is 0.458 e. The van der Waals surface area contributed by atoms with Gasteiger partial charge in [-0.15, -0.1) is 0 Å². The summed E-state index contributed by atoms with van der Waals surface area (Å²) >= 11 is 0. The summed E-state index contributed by atoms with van der Waals surface area (Å²) in [5.74, 6) is -1.15. The summed E-state index contributed by atoms with van der Waals surface area (Å²) in [7, 11) is 0. The van der Waals surface area contributed by atoms with Crippen LogP contribution in [0.3, 0.4) is 0 Å². The predicted molar refractivity (Wildman–Crippen MR) is 86.2 cm³/mol. The van der Waals surface area contributed by atoms with Crippen LogP contribution >= 0.6 is 0 Å². The van der Waals surface area contributed by atoms with Crippen LogP contribution in [0.2, 0.25) is 0 Å². The summed E-state index contributed by atoms with van der Waals surface area (Å²) in [6, 6.07) is -1.60. The number of amides is 1. The molecule has 24 heavy (non-hydrogen) atoms. The predicted octanol–water partition coefficient (Wildman–Crippen LogP) is 2.55. The van der Waals surface area contributed by atoms with Crippen LogP contribution in [0.15, 0.2) is 5.11 Å². The van der Waals surface area contributed by atoms with Crippen molar-refractivity contribution in [1.29, 1.82) is 0 Å². The molecular formula is C15H26N4O5. The fourth-order valence-electron chi connectivity index (χ4n) is 2.20. The summed E-state index contributed by atoms with van der Waals surface area (Å²) in [6.45, 7) is 10.7. The van der Waals surface area contributed by atoms with E-state index in [2.05, 4.69) is 15.3 Å². The molecule has 0 saturated carbocycles. The van der Waals surface area contributed by atoms with Gasteiger partial charge in [0.25, 0.3) is 0 Å². The van der Waals surface area contributed by atoms with Gasteiger partial charge in [0.1, 0.15) is 17.2 Å². The van der Waals surface area contributed by atoms with Gasteiger partial charge in [0, 0.05) is 10.8 Å². The zero-order chi connectivity index (χ0) is 18.5. The molecule has 0 aromatic rings.